The van der Waals surface area contributed by atoms with Crippen LogP contribution in [0.15, 0.2) is 18.2 Å². The highest BCUT2D eigenvalue weighted by atomic mass is 16.5. The molecule has 0 saturated carbocycles. The molecule has 0 radical (unpaired) electrons. The highest BCUT2D eigenvalue weighted by molar-refractivity contribution is 5.90. The van der Waals surface area contributed by atoms with Gasteiger partial charge in [0, 0.05) is 18.2 Å². The first kappa shape index (κ1) is 12.5. The monoisotopic (exact) mass is 223 g/mol. The third-order valence-corrected chi connectivity index (χ3v) is 2.33. The Balaban J connectivity index is 2.63. The number of hydrogen-bond donors (Lipinski definition) is 2. The number of ether oxygens (including phenoxy) is 1. The summed E-state index contributed by atoms with van der Waals surface area (Å²) in [5.41, 5.74) is 7.64. The molecule has 0 amide bonds. The van der Waals surface area contributed by atoms with E-state index in [0.717, 1.165) is 5.56 Å². The van der Waals surface area contributed by atoms with Crippen molar-refractivity contribution >= 4 is 11.7 Å². The highest BCUT2D eigenvalue weighted by Gasteiger charge is 2.10. The van der Waals surface area contributed by atoms with E-state index >= 15 is 0 Å². The highest BCUT2D eigenvalue weighted by Crippen LogP contribution is 2.14. The van der Waals surface area contributed by atoms with Crippen LogP contribution in [0.25, 0.3) is 0 Å². The zero-order chi connectivity index (χ0) is 12.1. The van der Waals surface area contributed by atoms with Crippen LogP contribution in [-0.2, 0) is 4.74 Å². The molecule has 1 rings (SSSR count). The van der Waals surface area contributed by atoms with Crippen LogP contribution in [0, 0.1) is 12.8 Å². The molecule has 4 heteroatoms. The van der Waals surface area contributed by atoms with Crippen LogP contribution >= 0.6 is 0 Å². The number of carbonyl (C=O) groups excluding carboxylic acids is 1. The predicted octanol–water partition coefficient (Wildman–Crippen LogP) is 1.36. The first-order chi connectivity index (χ1) is 7.54. The molecule has 0 aliphatic rings. The molecule has 0 bridgehead atoms. The maximum absolute atomic E-state index is 11.6. The van der Waals surface area contributed by atoms with Gasteiger partial charge in [-0.3, -0.25) is 0 Å². The quantitative estimate of drug-likeness (QED) is 0.597. The molecule has 1 aromatic rings. The lowest BCUT2D eigenvalue weighted by Gasteiger charge is -2.09. The molecule has 0 aliphatic carbocycles. The van der Waals surface area contributed by atoms with Crippen LogP contribution in [0.5, 0.6) is 0 Å². The Labute approximate surface area is 95.0 Å². The standard InChI is InChI=1S/C12H17NO3/c1-8(6-14)7-16-12(15)10-4-3-9(2)11(13)5-10/h3-5,8,14H,6-7,13H2,1-2H3. The van der Waals surface area contributed by atoms with E-state index in [4.69, 9.17) is 15.6 Å². The van der Waals surface area contributed by atoms with Crippen LogP contribution in [-0.4, -0.2) is 24.3 Å². The van der Waals surface area contributed by atoms with Gasteiger partial charge in [0.25, 0.3) is 0 Å². The largest absolute Gasteiger partial charge is 0.462 e. The number of benzene rings is 1. The zero-order valence-electron chi connectivity index (χ0n) is 9.56. The second-order valence-corrected chi connectivity index (χ2v) is 3.96. The van der Waals surface area contributed by atoms with Gasteiger partial charge >= 0.3 is 5.97 Å². The molecule has 0 saturated heterocycles. The molecule has 3 N–H and O–H groups in total. The smallest absolute Gasteiger partial charge is 0.338 e. The van der Waals surface area contributed by atoms with Gasteiger partial charge in [0.05, 0.1) is 12.2 Å². The maximum Gasteiger partial charge on any atom is 0.338 e. The minimum absolute atomic E-state index is 0.00329. The number of nitrogen functional groups attached to an aromatic ring is 1. The summed E-state index contributed by atoms with van der Waals surface area (Å²) >= 11 is 0. The van der Waals surface area contributed by atoms with Gasteiger partial charge in [-0.2, -0.15) is 0 Å². The van der Waals surface area contributed by atoms with E-state index in [0.29, 0.717) is 11.3 Å². The summed E-state index contributed by atoms with van der Waals surface area (Å²) in [6.45, 7) is 3.89. The van der Waals surface area contributed by atoms with Crippen molar-refractivity contribution in [1.29, 1.82) is 0 Å². The van der Waals surface area contributed by atoms with Gasteiger partial charge in [0.15, 0.2) is 0 Å². The Hall–Kier alpha value is -1.55. The van der Waals surface area contributed by atoms with Gasteiger partial charge in [-0.1, -0.05) is 13.0 Å². The Morgan fingerprint density at radius 1 is 1.56 bits per heavy atom. The van der Waals surface area contributed by atoms with Gasteiger partial charge in [-0.05, 0) is 24.6 Å². The number of rotatable bonds is 4. The fraction of sp³-hybridized carbons (Fsp3) is 0.417. The third kappa shape index (κ3) is 3.24. The first-order valence-electron chi connectivity index (χ1n) is 5.18. The van der Waals surface area contributed by atoms with Crippen molar-refractivity contribution < 1.29 is 14.6 Å². The van der Waals surface area contributed by atoms with Crippen molar-refractivity contribution in [3.63, 3.8) is 0 Å². The van der Waals surface area contributed by atoms with Crippen LogP contribution in [0.4, 0.5) is 5.69 Å². The number of anilines is 1. The number of aliphatic hydroxyl groups is 1. The van der Waals surface area contributed by atoms with Crippen molar-refractivity contribution in [2.24, 2.45) is 5.92 Å². The average molecular weight is 223 g/mol. The molecule has 16 heavy (non-hydrogen) atoms. The SMILES string of the molecule is Cc1ccc(C(=O)OCC(C)CO)cc1N. The van der Waals surface area contributed by atoms with Gasteiger partial charge in [-0.25, -0.2) is 4.79 Å². The normalized spacial score (nSPS) is 12.2. The Bertz CT molecular complexity index is 377. The first-order valence-corrected chi connectivity index (χ1v) is 5.18. The second-order valence-electron chi connectivity index (χ2n) is 3.96. The van der Waals surface area contributed by atoms with E-state index in [9.17, 15) is 4.79 Å². The van der Waals surface area contributed by atoms with Gasteiger partial charge < -0.3 is 15.6 Å². The molecule has 0 heterocycles. The third-order valence-electron chi connectivity index (χ3n) is 2.33. The Morgan fingerprint density at radius 3 is 2.81 bits per heavy atom. The molecule has 0 fully saturated rings. The molecule has 1 unspecified atom stereocenters. The van der Waals surface area contributed by atoms with Crippen LogP contribution in [0.1, 0.15) is 22.8 Å². The summed E-state index contributed by atoms with van der Waals surface area (Å²) < 4.78 is 5.02. The number of hydrogen-bond acceptors (Lipinski definition) is 4. The molecule has 1 atom stereocenters. The van der Waals surface area contributed by atoms with E-state index in [2.05, 4.69) is 0 Å². The van der Waals surface area contributed by atoms with Crippen molar-refractivity contribution in [2.75, 3.05) is 18.9 Å². The van der Waals surface area contributed by atoms with E-state index in [1.807, 2.05) is 6.92 Å². The Morgan fingerprint density at radius 2 is 2.25 bits per heavy atom. The van der Waals surface area contributed by atoms with E-state index in [1.54, 1.807) is 25.1 Å². The summed E-state index contributed by atoms with van der Waals surface area (Å²) in [6.07, 6.45) is 0. The average Bonchev–Trinajstić information content (AvgIpc) is 2.29. The minimum atomic E-state index is -0.410. The second kappa shape index (κ2) is 5.51. The van der Waals surface area contributed by atoms with Gasteiger partial charge in [0.2, 0.25) is 0 Å². The lowest BCUT2D eigenvalue weighted by Crippen LogP contribution is -2.14. The summed E-state index contributed by atoms with van der Waals surface area (Å²) in [4.78, 5) is 11.6. The molecular weight excluding hydrogens is 206 g/mol. The zero-order valence-corrected chi connectivity index (χ0v) is 9.56. The predicted molar refractivity (Wildman–Crippen MR) is 62.1 cm³/mol. The molecular formula is C12H17NO3. The number of aryl methyl sites for hydroxylation is 1. The maximum atomic E-state index is 11.6. The summed E-state index contributed by atoms with van der Waals surface area (Å²) in [5.74, 6) is -0.459. The number of carbonyl (C=O) groups is 1. The van der Waals surface area contributed by atoms with E-state index in [1.165, 1.54) is 0 Å². The van der Waals surface area contributed by atoms with Crippen molar-refractivity contribution in [1.82, 2.24) is 0 Å². The van der Waals surface area contributed by atoms with Crippen molar-refractivity contribution in [3.05, 3.63) is 29.3 Å². The van der Waals surface area contributed by atoms with Crippen molar-refractivity contribution in [3.8, 4) is 0 Å². The molecule has 88 valence electrons. The minimum Gasteiger partial charge on any atom is -0.462 e. The molecule has 4 nitrogen and oxygen atoms in total. The molecule has 0 aliphatic heterocycles. The fourth-order valence-corrected chi connectivity index (χ4v) is 1.12. The van der Waals surface area contributed by atoms with Crippen molar-refractivity contribution in [2.45, 2.75) is 13.8 Å². The fourth-order valence-electron chi connectivity index (χ4n) is 1.12. The molecule has 1 aromatic carbocycles. The van der Waals surface area contributed by atoms with Crippen LogP contribution in [0.3, 0.4) is 0 Å². The number of aliphatic hydroxyl groups excluding tert-OH is 1. The van der Waals surface area contributed by atoms with Gasteiger partial charge in [-0.15, -0.1) is 0 Å². The molecule has 0 aromatic heterocycles. The lowest BCUT2D eigenvalue weighted by molar-refractivity contribution is 0.0405. The number of nitrogens with two attached hydrogens (primary N) is 1. The summed E-state index contributed by atoms with van der Waals surface area (Å²) in [6, 6.07) is 5.06. The van der Waals surface area contributed by atoms with Crippen LogP contribution in [0.2, 0.25) is 0 Å². The lowest BCUT2D eigenvalue weighted by atomic mass is 10.1. The van der Waals surface area contributed by atoms with Crippen LogP contribution < -0.4 is 5.73 Å². The van der Waals surface area contributed by atoms with Gasteiger partial charge in [0.1, 0.15) is 0 Å². The topological polar surface area (TPSA) is 72.5 Å². The van der Waals surface area contributed by atoms with E-state index < -0.39 is 5.97 Å². The summed E-state index contributed by atoms with van der Waals surface area (Å²) in [5, 5.41) is 8.79. The molecule has 0 spiro atoms. The summed E-state index contributed by atoms with van der Waals surface area (Å²) in [7, 11) is 0. The van der Waals surface area contributed by atoms with E-state index in [-0.39, 0.29) is 19.1 Å². The number of esters is 1. The Kier molecular flexibility index (Phi) is 4.31.